The van der Waals surface area contributed by atoms with E-state index in [2.05, 4.69) is 4.98 Å². The number of benzene rings is 2. The van der Waals surface area contributed by atoms with Gasteiger partial charge in [-0.25, -0.2) is 9.37 Å². The molecule has 0 bridgehead atoms. The molecule has 0 spiro atoms. The van der Waals surface area contributed by atoms with Crippen molar-refractivity contribution >= 4 is 23.3 Å². The quantitative estimate of drug-likeness (QED) is 0.361. The van der Waals surface area contributed by atoms with Gasteiger partial charge in [0.1, 0.15) is 23.1 Å². The highest BCUT2D eigenvalue weighted by molar-refractivity contribution is 6.51. The predicted molar refractivity (Wildman–Crippen MR) is 118 cm³/mol. The average molecular weight is 432 g/mol. The van der Waals surface area contributed by atoms with E-state index in [0.29, 0.717) is 16.9 Å². The topological polar surface area (TPSA) is 79.7 Å². The fourth-order valence-electron chi connectivity index (χ4n) is 3.64. The van der Waals surface area contributed by atoms with E-state index in [1.807, 2.05) is 13.8 Å². The molecule has 1 N–H and O–H groups in total. The third-order valence-corrected chi connectivity index (χ3v) is 5.03. The molecule has 0 radical (unpaired) electrons. The Labute approximate surface area is 184 Å². The molecule has 3 aromatic rings. The van der Waals surface area contributed by atoms with Gasteiger partial charge in [-0.3, -0.25) is 14.5 Å². The lowest BCUT2D eigenvalue weighted by atomic mass is 9.95. The predicted octanol–water partition coefficient (Wildman–Crippen LogP) is 4.63. The van der Waals surface area contributed by atoms with Crippen LogP contribution >= 0.6 is 0 Å². The molecule has 32 heavy (non-hydrogen) atoms. The molecule has 2 aromatic carbocycles. The Kier molecular flexibility index (Phi) is 5.73. The van der Waals surface area contributed by atoms with Crippen LogP contribution in [0.15, 0.2) is 78.5 Å². The molecule has 1 aromatic heterocycles. The Morgan fingerprint density at radius 3 is 2.31 bits per heavy atom. The molecule has 162 valence electrons. The Balaban J connectivity index is 1.85. The second kappa shape index (κ2) is 8.63. The van der Waals surface area contributed by atoms with Crippen LogP contribution < -0.4 is 9.64 Å². The molecule has 7 heteroatoms. The molecule has 1 aliphatic heterocycles. The summed E-state index contributed by atoms with van der Waals surface area (Å²) < 4.78 is 19.2. The lowest BCUT2D eigenvalue weighted by Crippen LogP contribution is -2.30. The third kappa shape index (κ3) is 3.97. The number of Topliss-reactive ketones (excluding diaryl/α,β-unsaturated/α-hetero) is 1. The molecule has 0 saturated carbocycles. The molecule has 1 unspecified atom stereocenters. The zero-order chi connectivity index (χ0) is 22.8. The second-order valence-corrected chi connectivity index (χ2v) is 7.60. The number of aromatic nitrogens is 1. The fraction of sp³-hybridized carbons (Fsp3) is 0.160. The van der Waals surface area contributed by atoms with E-state index in [1.54, 1.807) is 42.5 Å². The summed E-state index contributed by atoms with van der Waals surface area (Å²) in [5.74, 6) is -1.58. The number of nitrogens with zero attached hydrogens (tertiary/aromatic N) is 2. The SMILES string of the molecule is CC(C)Oc1ccc(C(O)=C2C(=O)C(=O)N(c3ccccn3)C2c2ccc(F)cc2)cc1. The number of hydrogen-bond acceptors (Lipinski definition) is 5. The summed E-state index contributed by atoms with van der Waals surface area (Å²) in [4.78, 5) is 31.4. The number of rotatable bonds is 5. The number of carbonyl (C=O) groups excluding carboxylic acids is 2. The first-order valence-electron chi connectivity index (χ1n) is 10.1. The van der Waals surface area contributed by atoms with E-state index in [4.69, 9.17) is 4.74 Å². The maximum absolute atomic E-state index is 13.6. The van der Waals surface area contributed by atoms with Gasteiger partial charge in [0.2, 0.25) is 0 Å². The number of pyridine rings is 1. The van der Waals surface area contributed by atoms with Gasteiger partial charge in [-0.15, -0.1) is 0 Å². The molecule has 6 nitrogen and oxygen atoms in total. The zero-order valence-electron chi connectivity index (χ0n) is 17.5. The first kappa shape index (κ1) is 21.2. The molecule has 1 fully saturated rings. The molecular formula is C25H21FN2O4. The number of halogens is 1. The zero-order valence-corrected chi connectivity index (χ0v) is 17.5. The largest absolute Gasteiger partial charge is 0.507 e. The highest BCUT2D eigenvalue weighted by Gasteiger charge is 2.47. The number of anilines is 1. The van der Waals surface area contributed by atoms with Crippen LogP contribution in [-0.2, 0) is 9.59 Å². The van der Waals surface area contributed by atoms with Crippen LogP contribution in [0.4, 0.5) is 10.2 Å². The number of hydrogen-bond donors (Lipinski definition) is 1. The van der Waals surface area contributed by atoms with Crippen molar-refractivity contribution in [2.24, 2.45) is 0 Å². The van der Waals surface area contributed by atoms with Gasteiger partial charge < -0.3 is 9.84 Å². The summed E-state index contributed by atoms with van der Waals surface area (Å²) in [5, 5.41) is 11.1. The number of aliphatic hydroxyl groups is 1. The summed E-state index contributed by atoms with van der Waals surface area (Å²) in [5.41, 5.74) is 0.731. The van der Waals surface area contributed by atoms with Gasteiger partial charge in [0.15, 0.2) is 0 Å². The number of amides is 1. The van der Waals surface area contributed by atoms with Crippen molar-refractivity contribution in [2.75, 3.05) is 4.90 Å². The lowest BCUT2D eigenvalue weighted by Gasteiger charge is -2.24. The maximum atomic E-state index is 13.6. The summed E-state index contributed by atoms with van der Waals surface area (Å²) in [6.07, 6.45) is 1.49. The molecular weight excluding hydrogens is 411 g/mol. The smallest absolute Gasteiger partial charge is 0.301 e. The van der Waals surface area contributed by atoms with E-state index in [0.717, 1.165) is 0 Å². The standard InChI is InChI=1S/C25H21FN2O4/c1-15(2)32-19-12-8-17(9-13-19)23(29)21-22(16-6-10-18(26)11-7-16)28(25(31)24(21)30)20-5-3-4-14-27-20/h3-15,22,29H,1-2H3. The van der Waals surface area contributed by atoms with Gasteiger partial charge in [0.05, 0.1) is 17.7 Å². The highest BCUT2D eigenvalue weighted by Crippen LogP contribution is 2.41. The first-order chi connectivity index (χ1) is 15.4. The van der Waals surface area contributed by atoms with Crippen molar-refractivity contribution in [1.82, 2.24) is 4.98 Å². The molecule has 4 rings (SSSR count). The first-order valence-corrected chi connectivity index (χ1v) is 10.1. The number of aliphatic hydroxyl groups excluding tert-OH is 1. The maximum Gasteiger partial charge on any atom is 0.301 e. The van der Waals surface area contributed by atoms with Crippen LogP contribution in [0.5, 0.6) is 5.75 Å². The van der Waals surface area contributed by atoms with Crippen LogP contribution in [0.1, 0.15) is 31.0 Å². The van der Waals surface area contributed by atoms with Crippen molar-refractivity contribution in [3.63, 3.8) is 0 Å². The number of carbonyl (C=O) groups is 2. The van der Waals surface area contributed by atoms with Gasteiger partial charge in [0, 0.05) is 11.8 Å². The summed E-state index contributed by atoms with van der Waals surface area (Å²) in [6.45, 7) is 3.80. The van der Waals surface area contributed by atoms with Crippen LogP contribution in [0.2, 0.25) is 0 Å². The van der Waals surface area contributed by atoms with Crippen LogP contribution in [-0.4, -0.2) is 27.9 Å². The molecule has 1 amide bonds. The van der Waals surface area contributed by atoms with E-state index in [-0.39, 0.29) is 23.3 Å². The average Bonchev–Trinajstić information content (AvgIpc) is 3.05. The monoisotopic (exact) mass is 432 g/mol. The van der Waals surface area contributed by atoms with Crippen molar-refractivity contribution in [1.29, 1.82) is 0 Å². The molecule has 1 saturated heterocycles. The third-order valence-electron chi connectivity index (χ3n) is 5.03. The van der Waals surface area contributed by atoms with E-state index in [9.17, 15) is 19.1 Å². The van der Waals surface area contributed by atoms with Gasteiger partial charge >= 0.3 is 5.91 Å². The molecule has 2 heterocycles. The van der Waals surface area contributed by atoms with Crippen molar-refractivity contribution in [2.45, 2.75) is 26.0 Å². The van der Waals surface area contributed by atoms with Crippen molar-refractivity contribution in [3.8, 4) is 5.75 Å². The van der Waals surface area contributed by atoms with Gasteiger partial charge in [-0.05, 0) is 67.9 Å². The highest BCUT2D eigenvalue weighted by atomic mass is 19.1. The van der Waals surface area contributed by atoms with Gasteiger partial charge in [-0.2, -0.15) is 0 Å². The molecule has 0 aliphatic carbocycles. The normalized spacial score (nSPS) is 17.8. The summed E-state index contributed by atoms with van der Waals surface area (Å²) >= 11 is 0. The molecule has 1 aliphatic rings. The number of ether oxygens (including phenoxy) is 1. The van der Waals surface area contributed by atoms with Crippen molar-refractivity contribution in [3.05, 3.63) is 95.4 Å². The fourth-order valence-corrected chi connectivity index (χ4v) is 3.64. The lowest BCUT2D eigenvalue weighted by molar-refractivity contribution is -0.132. The second-order valence-electron chi connectivity index (χ2n) is 7.60. The Morgan fingerprint density at radius 2 is 1.72 bits per heavy atom. The van der Waals surface area contributed by atoms with Crippen molar-refractivity contribution < 1.29 is 23.8 Å². The van der Waals surface area contributed by atoms with Crippen LogP contribution in [0, 0.1) is 5.82 Å². The number of ketones is 1. The van der Waals surface area contributed by atoms with Gasteiger partial charge in [-0.1, -0.05) is 18.2 Å². The minimum absolute atomic E-state index is 0.0170. The Hall–Kier alpha value is -4.00. The van der Waals surface area contributed by atoms with Crippen LogP contribution in [0.25, 0.3) is 5.76 Å². The van der Waals surface area contributed by atoms with E-state index in [1.165, 1.54) is 35.4 Å². The van der Waals surface area contributed by atoms with Crippen LogP contribution in [0.3, 0.4) is 0 Å². The minimum atomic E-state index is -0.961. The summed E-state index contributed by atoms with van der Waals surface area (Å²) in [6, 6.07) is 16.0. The molecule has 1 atom stereocenters. The van der Waals surface area contributed by atoms with E-state index < -0.39 is 23.5 Å². The Bertz CT molecular complexity index is 1170. The van der Waals surface area contributed by atoms with E-state index >= 15 is 0 Å². The summed E-state index contributed by atoms with van der Waals surface area (Å²) in [7, 11) is 0. The minimum Gasteiger partial charge on any atom is -0.507 e. The van der Waals surface area contributed by atoms with Gasteiger partial charge in [0.25, 0.3) is 5.78 Å². The Morgan fingerprint density at radius 1 is 1.03 bits per heavy atom.